The first-order valence-corrected chi connectivity index (χ1v) is 8.56. The fourth-order valence-corrected chi connectivity index (χ4v) is 3.54. The number of ether oxygens (including phenoxy) is 3. The molecule has 1 aliphatic heterocycles. The average Bonchev–Trinajstić information content (AvgIpc) is 3.35. The van der Waals surface area contributed by atoms with Crippen LogP contribution < -0.4 is 0 Å². The second-order valence-corrected chi connectivity index (χ2v) is 6.68. The fourth-order valence-electron chi connectivity index (χ4n) is 3.54. The van der Waals surface area contributed by atoms with E-state index in [2.05, 4.69) is 11.8 Å². The van der Waals surface area contributed by atoms with Gasteiger partial charge in [0.15, 0.2) is 0 Å². The molecule has 1 heterocycles. The molecule has 1 aromatic carbocycles. The zero-order valence-electron chi connectivity index (χ0n) is 14.5. The third kappa shape index (κ3) is 3.69. The van der Waals surface area contributed by atoms with Crippen molar-refractivity contribution in [1.29, 1.82) is 0 Å². The van der Waals surface area contributed by atoms with Crippen LogP contribution in [0, 0.1) is 11.8 Å². The largest absolute Gasteiger partial charge is 0.451 e. The molecule has 1 saturated carbocycles. The van der Waals surface area contributed by atoms with Gasteiger partial charge in [-0.25, -0.2) is 4.79 Å². The molecule has 25 heavy (non-hydrogen) atoms. The minimum Gasteiger partial charge on any atom is -0.451 e. The van der Waals surface area contributed by atoms with Crippen LogP contribution >= 0.6 is 0 Å². The Morgan fingerprint density at radius 3 is 2.76 bits per heavy atom. The van der Waals surface area contributed by atoms with Crippen molar-refractivity contribution in [1.82, 2.24) is 0 Å². The van der Waals surface area contributed by atoms with E-state index in [4.69, 9.17) is 14.2 Å². The third-order valence-electron chi connectivity index (χ3n) is 4.85. The molecule has 0 bridgehead atoms. The van der Waals surface area contributed by atoms with E-state index >= 15 is 0 Å². The van der Waals surface area contributed by atoms with Crippen LogP contribution in [0.5, 0.6) is 0 Å². The monoisotopic (exact) mass is 342 g/mol. The topological polar surface area (TPSA) is 65.1 Å². The summed E-state index contributed by atoms with van der Waals surface area (Å²) in [6.45, 7) is 3.21. The smallest absolute Gasteiger partial charge is 0.384 e. The molecule has 5 heteroatoms. The van der Waals surface area contributed by atoms with Gasteiger partial charge in [0.25, 0.3) is 0 Å². The van der Waals surface area contributed by atoms with Crippen LogP contribution in [0.25, 0.3) is 0 Å². The molecule has 5 nitrogen and oxygen atoms in total. The summed E-state index contributed by atoms with van der Waals surface area (Å²) in [6.07, 6.45) is 3.83. The molecule has 0 radical (unpaired) electrons. The van der Waals surface area contributed by atoms with E-state index in [-0.39, 0.29) is 12.7 Å². The molecular weight excluding hydrogens is 320 g/mol. The zero-order valence-corrected chi connectivity index (χ0v) is 14.5. The molecule has 2 fully saturated rings. The maximum absolute atomic E-state index is 12.0. The zero-order chi connectivity index (χ0) is 17.9. The molecule has 0 amide bonds. The van der Waals surface area contributed by atoms with Crippen molar-refractivity contribution in [2.24, 2.45) is 0 Å². The lowest BCUT2D eigenvalue weighted by atomic mass is 9.77. The molecule has 0 unspecified atom stereocenters. The number of hydrogen-bond acceptors (Lipinski definition) is 5. The average molecular weight is 342 g/mol. The normalized spacial score (nSPS) is 26.2. The van der Waals surface area contributed by atoms with E-state index in [1.807, 2.05) is 30.3 Å². The summed E-state index contributed by atoms with van der Waals surface area (Å²) >= 11 is 0. The predicted molar refractivity (Wildman–Crippen MR) is 90.3 cm³/mol. The predicted octanol–water partition coefficient (Wildman–Crippen LogP) is 2.77. The molecule has 2 aliphatic rings. The molecule has 1 aliphatic carbocycles. The minimum atomic E-state index is -1.14. The van der Waals surface area contributed by atoms with Crippen molar-refractivity contribution in [3.8, 4) is 11.8 Å². The van der Waals surface area contributed by atoms with Crippen LogP contribution in [-0.2, 0) is 30.4 Å². The number of epoxide rings is 1. The van der Waals surface area contributed by atoms with E-state index in [0.29, 0.717) is 0 Å². The highest BCUT2D eigenvalue weighted by molar-refractivity contribution is 5.88. The summed E-state index contributed by atoms with van der Waals surface area (Å²) in [7, 11) is 0. The maximum atomic E-state index is 12.0. The van der Waals surface area contributed by atoms with Crippen molar-refractivity contribution >= 4 is 11.9 Å². The SMILES string of the molecule is CC(=O)O[C@@](C)(C#CC(=O)OCc1ccccc1)[C@@]12CCCC[C@@H]1O2. The van der Waals surface area contributed by atoms with E-state index in [1.54, 1.807) is 6.92 Å². The van der Waals surface area contributed by atoms with Crippen LogP contribution in [0.1, 0.15) is 45.1 Å². The standard InChI is InChI=1S/C20H22O5/c1-15(21)24-19(2,20-12-7-6-10-17(20)25-20)13-11-18(22)23-14-16-8-4-3-5-9-16/h3-5,8-9,17H,6-7,10,12,14H2,1-2H3/t17-,19-,20+/m0/s1. The summed E-state index contributed by atoms with van der Waals surface area (Å²) in [5, 5.41) is 0. The Hall–Kier alpha value is -2.32. The van der Waals surface area contributed by atoms with Crippen LogP contribution in [-0.4, -0.2) is 29.2 Å². The Labute approximate surface area is 147 Å². The van der Waals surface area contributed by atoms with Gasteiger partial charge in [-0.15, -0.1) is 0 Å². The summed E-state index contributed by atoms with van der Waals surface area (Å²) < 4.78 is 16.5. The van der Waals surface area contributed by atoms with Crippen molar-refractivity contribution in [2.45, 2.75) is 63.4 Å². The van der Waals surface area contributed by atoms with Crippen LogP contribution in [0.3, 0.4) is 0 Å². The maximum Gasteiger partial charge on any atom is 0.384 e. The number of hydrogen-bond donors (Lipinski definition) is 0. The molecular formula is C20H22O5. The third-order valence-corrected chi connectivity index (χ3v) is 4.85. The molecule has 3 atom stereocenters. The molecule has 132 valence electrons. The van der Waals surface area contributed by atoms with Gasteiger partial charge in [-0.1, -0.05) is 43.2 Å². The van der Waals surface area contributed by atoms with E-state index < -0.39 is 23.1 Å². The number of fused-ring (bicyclic) bond motifs is 1. The summed E-state index contributed by atoms with van der Waals surface area (Å²) in [6, 6.07) is 9.38. The number of esters is 2. The van der Waals surface area contributed by atoms with E-state index in [0.717, 1.165) is 31.2 Å². The van der Waals surface area contributed by atoms with Gasteiger partial charge in [0.2, 0.25) is 5.60 Å². The summed E-state index contributed by atoms with van der Waals surface area (Å²) in [5.41, 5.74) is -0.851. The van der Waals surface area contributed by atoms with Crippen molar-refractivity contribution < 1.29 is 23.8 Å². The fraction of sp³-hybridized carbons (Fsp3) is 0.500. The second kappa shape index (κ2) is 6.89. The van der Waals surface area contributed by atoms with Gasteiger partial charge >= 0.3 is 11.9 Å². The Morgan fingerprint density at radius 2 is 2.08 bits per heavy atom. The van der Waals surface area contributed by atoms with Gasteiger partial charge in [0.1, 0.15) is 12.2 Å². The van der Waals surface area contributed by atoms with Crippen LogP contribution in [0.4, 0.5) is 0 Å². The van der Waals surface area contributed by atoms with Crippen LogP contribution in [0.2, 0.25) is 0 Å². The Bertz CT molecular complexity index is 717. The summed E-state index contributed by atoms with van der Waals surface area (Å²) in [4.78, 5) is 23.5. The Morgan fingerprint density at radius 1 is 1.32 bits per heavy atom. The number of carbonyl (C=O) groups excluding carboxylic acids is 2. The van der Waals surface area contributed by atoms with Gasteiger partial charge in [-0.05, 0) is 31.2 Å². The lowest BCUT2D eigenvalue weighted by molar-refractivity contribution is -0.156. The highest BCUT2D eigenvalue weighted by Gasteiger charge is 2.69. The van der Waals surface area contributed by atoms with E-state index in [1.165, 1.54) is 6.92 Å². The van der Waals surface area contributed by atoms with Gasteiger partial charge in [-0.2, -0.15) is 0 Å². The van der Waals surface area contributed by atoms with Crippen molar-refractivity contribution in [2.75, 3.05) is 0 Å². The molecule has 0 spiro atoms. The van der Waals surface area contributed by atoms with Gasteiger partial charge < -0.3 is 14.2 Å². The number of benzene rings is 1. The van der Waals surface area contributed by atoms with Crippen LogP contribution in [0.15, 0.2) is 30.3 Å². The highest BCUT2D eigenvalue weighted by atomic mass is 16.7. The molecule has 3 rings (SSSR count). The molecule has 1 aromatic rings. The van der Waals surface area contributed by atoms with E-state index in [9.17, 15) is 9.59 Å². The quantitative estimate of drug-likeness (QED) is 0.364. The molecule has 0 aromatic heterocycles. The molecule has 1 saturated heterocycles. The minimum absolute atomic E-state index is 0.0419. The van der Waals surface area contributed by atoms with Crippen molar-refractivity contribution in [3.05, 3.63) is 35.9 Å². The van der Waals surface area contributed by atoms with Gasteiger partial charge in [0.05, 0.1) is 6.10 Å². The Kier molecular flexibility index (Phi) is 4.82. The first-order chi connectivity index (χ1) is 12.0. The van der Waals surface area contributed by atoms with Gasteiger partial charge in [0, 0.05) is 12.8 Å². The summed E-state index contributed by atoms with van der Waals surface area (Å²) in [5.74, 6) is 4.21. The lowest BCUT2D eigenvalue weighted by Gasteiger charge is -2.32. The van der Waals surface area contributed by atoms with Crippen molar-refractivity contribution in [3.63, 3.8) is 0 Å². The lowest BCUT2D eigenvalue weighted by Crippen LogP contribution is -2.48. The highest BCUT2D eigenvalue weighted by Crippen LogP contribution is 2.55. The first-order valence-electron chi connectivity index (χ1n) is 8.56. The number of rotatable bonds is 4. The Balaban J connectivity index is 1.70. The van der Waals surface area contributed by atoms with Gasteiger partial charge in [-0.3, -0.25) is 4.79 Å². The number of carbonyl (C=O) groups is 2. The second-order valence-electron chi connectivity index (χ2n) is 6.68. The first kappa shape index (κ1) is 17.5. The molecule has 0 N–H and O–H groups in total.